The molecule has 1 aliphatic heterocycles. The molecule has 31 heavy (non-hydrogen) atoms. The van der Waals surface area contributed by atoms with Gasteiger partial charge in [-0.1, -0.05) is 32.1 Å². The van der Waals surface area contributed by atoms with E-state index in [1.54, 1.807) is 4.90 Å². The quantitative estimate of drug-likeness (QED) is 0.515. The first-order valence-electron chi connectivity index (χ1n) is 11.6. The molecule has 2 fully saturated rings. The fourth-order valence-electron chi connectivity index (χ4n) is 4.46. The van der Waals surface area contributed by atoms with E-state index in [2.05, 4.69) is 26.9 Å². The number of hydrogen-bond acceptors (Lipinski definition) is 5. The van der Waals surface area contributed by atoms with Crippen molar-refractivity contribution in [2.45, 2.75) is 76.8 Å². The number of rotatable bonds is 7. The van der Waals surface area contributed by atoms with Crippen LogP contribution in [0.5, 0.6) is 0 Å². The van der Waals surface area contributed by atoms with E-state index >= 15 is 0 Å². The number of piperidine rings is 1. The van der Waals surface area contributed by atoms with E-state index in [4.69, 9.17) is 12.2 Å². The van der Waals surface area contributed by atoms with Gasteiger partial charge in [0.15, 0.2) is 5.11 Å². The zero-order valence-corrected chi connectivity index (χ0v) is 20.0. The number of thiocarbonyl (C=S) groups is 1. The average Bonchev–Trinajstić information content (AvgIpc) is 2.76. The highest BCUT2D eigenvalue weighted by atomic mass is 32.1. The molecule has 2 rings (SSSR count). The maximum absolute atomic E-state index is 13.3. The molecule has 1 atom stereocenters. The van der Waals surface area contributed by atoms with E-state index in [0.717, 1.165) is 25.9 Å². The Bertz CT molecular complexity index is 661. The van der Waals surface area contributed by atoms with Gasteiger partial charge in [0.25, 0.3) is 0 Å². The number of likely N-dealkylation sites (tertiary alicyclic amines) is 1. The number of carbonyl (C=O) groups is 2. The molecule has 1 saturated heterocycles. The summed E-state index contributed by atoms with van der Waals surface area (Å²) < 4.78 is 0. The van der Waals surface area contributed by atoms with Crippen LogP contribution in [-0.2, 0) is 4.79 Å². The predicted molar refractivity (Wildman–Crippen MR) is 125 cm³/mol. The van der Waals surface area contributed by atoms with Crippen LogP contribution in [-0.4, -0.2) is 71.7 Å². The van der Waals surface area contributed by atoms with Crippen molar-refractivity contribution in [2.24, 2.45) is 5.92 Å². The highest BCUT2D eigenvalue weighted by Gasteiger charge is 2.37. The molecule has 0 bridgehead atoms. The van der Waals surface area contributed by atoms with Crippen molar-refractivity contribution in [2.75, 3.05) is 33.2 Å². The second kappa shape index (κ2) is 12.2. The third-order valence-corrected chi connectivity index (χ3v) is 6.82. The topological polar surface area (TPSA) is 100 Å². The minimum atomic E-state index is -0.845. The van der Waals surface area contributed by atoms with Crippen LogP contribution < -0.4 is 16.0 Å². The summed E-state index contributed by atoms with van der Waals surface area (Å²) in [5.74, 6) is 0.227. The maximum atomic E-state index is 13.3. The van der Waals surface area contributed by atoms with Crippen molar-refractivity contribution < 1.29 is 9.59 Å². The Morgan fingerprint density at radius 1 is 1.19 bits per heavy atom. The van der Waals surface area contributed by atoms with Crippen LogP contribution in [0.3, 0.4) is 0 Å². The summed E-state index contributed by atoms with van der Waals surface area (Å²) in [6, 6.07) is 1.50. The van der Waals surface area contributed by atoms with Gasteiger partial charge in [0, 0.05) is 26.2 Å². The largest absolute Gasteiger partial charge is 0.351 e. The minimum absolute atomic E-state index is 0.155. The van der Waals surface area contributed by atoms with Gasteiger partial charge >= 0.3 is 6.03 Å². The summed E-state index contributed by atoms with van der Waals surface area (Å²) in [7, 11) is 2.02. The predicted octanol–water partition coefficient (Wildman–Crippen LogP) is 2.36. The molecule has 9 heteroatoms. The number of hydrogen-bond donors (Lipinski definition) is 3. The van der Waals surface area contributed by atoms with Crippen LogP contribution in [0.1, 0.15) is 65.2 Å². The number of carbonyl (C=O) groups excluding carboxylic acids is 2. The average molecular weight is 451 g/mol. The summed E-state index contributed by atoms with van der Waals surface area (Å²) in [6.07, 6.45) is 7.64. The molecule has 1 saturated carbocycles. The van der Waals surface area contributed by atoms with Crippen molar-refractivity contribution in [1.29, 1.82) is 5.26 Å². The fourth-order valence-corrected chi connectivity index (χ4v) is 4.69. The van der Waals surface area contributed by atoms with E-state index in [1.807, 2.05) is 20.9 Å². The monoisotopic (exact) mass is 450 g/mol. The zero-order chi connectivity index (χ0) is 22.9. The van der Waals surface area contributed by atoms with Crippen molar-refractivity contribution in [3.8, 4) is 6.07 Å². The summed E-state index contributed by atoms with van der Waals surface area (Å²) >= 11 is 5.36. The first-order valence-corrected chi connectivity index (χ1v) is 12.0. The summed E-state index contributed by atoms with van der Waals surface area (Å²) in [5.41, 5.74) is -0.845. The van der Waals surface area contributed by atoms with Gasteiger partial charge in [0.1, 0.15) is 11.6 Å². The molecule has 1 aliphatic carbocycles. The Morgan fingerprint density at radius 2 is 1.81 bits per heavy atom. The van der Waals surface area contributed by atoms with Gasteiger partial charge in [0.05, 0.1) is 6.07 Å². The van der Waals surface area contributed by atoms with Gasteiger partial charge in [-0.15, -0.1) is 0 Å². The minimum Gasteiger partial charge on any atom is -0.351 e. The van der Waals surface area contributed by atoms with E-state index < -0.39 is 11.6 Å². The van der Waals surface area contributed by atoms with Gasteiger partial charge in [-0.05, 0) is 58.3 Å². The van der Waals surface area contributed by atoms with Crippen LogP contribution >= 0.6 is 12.2 Å². The standard InChI is InChI=1S/C22H38N6O2S/c1-4-28(5-2)21(30)25-20(31)24-18(15-17-9-7-6-8-10-17)19(29)26-22(16-23)11-13-27(3)14-12-22/h17-18H,4-15H2,1-3H3,(H,26,29)(H2,24,25,30,31). The molecule has 0 aromatic rings. The molecule has 3 N–H and O–H groups in total. The summed E-state index contributed by atoms with van der Waals surface area (Å²) in [5, 5.41) is 18.8. The van der Waals surface area contributed by atoms with Crippen molar-refractivity contribution in [3.05, 3.63) is 0 Å². The van der Waals surface area contributed by atoms with Gasteiger partial charge < -0.3 is 20.4 Å². The number of nitriles is 1. The second-order valence-electron chi connectivity index (χ2n) is 8.85. The Kier molecular flexibility index (Phi) is 9.97. The lowest BCUT2D eigenvalue weighted by Gasteiger charge is -2.37. The molecule has 174 valence electrons. The SMILES string of the molecule is CCN(CC)C(=O)NC(=S)NC(CC1CCCCC1)C(=O)NC1(C#N)CCN(C)CC1. The molecule has 1 heterocycles. The molecule has 0 radical (unpaired) electrons. The highest BCUT2D eigenvalue weighted by molar-refractivity contribution is 7.80. The number of nitrogens with one attached hydrogen (secondary N) is 3. The van der Waals surface area contributed by atoms with Crippen molar-refractivity contribution in [3.63, 3.8) is 0 Å². The third-order valence-electron chi connectivity index (χ3n) is 6.60. The lowest BCUT2D eigenvalue weighted by Crippen LogP contribution is -2.60. The van der Waals surface area contributed by atoms with Crippen LogP contribution in [0, 0.1) is 17.2 Å². The molecule has 2 aliphatic rings. The molecule has 1 unspecified atom stereocenters. The zero-order valence-electron chi connectivity index (χ0n) is 19.2. The normalized spacial score (nSPS) is 20.2. The van der Waals surface area contributed by atoms with Crippen molar-refractivity contribution >= 4 is 29.3 Å². The first-order chi connectivity index (χ1) is 14.8. The molecule has 0 aromatic carbocycles. The van der Waals surface area contributed by atoms with Gasteiger partial charge in [-0.25, -0.2) is 4.79 Å². The summed E-state index contributed by atoms with van der Waals surface area (Å²) in [6.45, 7) is 6.51. The van der Waals surface area contributed by atoms with E-state index in [-0.39, 0.29) is 17.1 Å². The van der Waals surface area contributed by atoms with Crippen LogP contribution in [0.25, 0.3) is 0 Å². The molecule has 0 spiro atoms. The Hall–Kier alpha value is -1.92. The smallest absolute Gasteiger partial charge is 0.323 e. The Labute approximate surface area is 192 Å². The highest BCUT2D eigenvalue weighted by Crippen LogP contribution is 2.28. The molecular weight excluding hydrogens is 412 g/mol. The maximum Gasteiger partial charge on any atom is 0.323 e. The van der Waals surface area contributed by atoms with E-state index in [0.29, 0.717) is 38.3 Å². The van der Waals surface area contributed by atoms with Crippen molar-refractivity contribution in [1.82, 2.24) is 25.8 Å². The van der Waals surface area contributed by atoms with Crippen LogP contribution in [0.4, 0.5) is 4.79 Å². The summed E-state index contributed by atoms with van der Waals surface area (Å²) in [4.78, 5) is 29.4. The second-order valence-corrected chi connectivity index (χ2v) is 9.26. The van der Waals surface area contributed by atoms with Gasteiger partial charge in [0.2, 0.25) is 5.91 Å². The fraction of sp³-hybridized carbons (Fsp3) is 0.818. The van der Waals surface area contributed by atoms with E-state index in [1.165, 1.54) is 19.3 Å². The first kappa shape index (κ1) is 25.3. The lowest BCUT2D eigenvalue weighted by molar-refractivity contribution is -0.125. The van der Waals surface area contributed by atoms with Gasteiger partial charge in [-0.3, -0.25) is 10.1 Å². The van der Waals surface area contributed by atoms with Crippen LogP contribution in [0.15, 0.2) is 0 Å². The molecular formula is C22H38N6O2S. The molecule has 0 aromatic heterocycles. The van der Waals surface area contributed by atoms with Gasteiger partial charge in [-0.2, -0.15) is 5.26 Å². The number of urea groups is 1. The Balaban J connectivity index is 2.06. The third kappa shape index (κ3) is 7.62. The lowest BCUT2D eigenvalue weighted by atomic mass is 9.84. The molecule has 3 amide bonds. The Morgan fingerprint density at radius 3 is 2.35 bits per heavy atom. The number of amides is 3. The molecule has 8 nitrogen and oxygen atoms in total. The van der Waals surface area contributed by atoms with E-state index in [9.17, 15) is 14.9 Å². The van der Waals surface area contributed by atoms with Crippen LogP contribution in [0.2, 0.25) is 0 Å². The number of nitrogens with zero attached hydrogens (tertiary/aromatic N) is 3.